The number of fused-ring (bicyclic) bond motifs is 1. The van der Waals surface area contributed by atoms with Crippen molar-refractivity contribution in [1.29, 1.82) is 0 Å². The Hall–Kier alpha value is -1.89. The number of nitrogens with one attached hydrogen (secondary N) is 2. The summed E-state index contributed by atoms with van der Waals surface area (Å²) in [6.07, 6.45) is 3.87. The van der Waals surface area contributed by atoms with Gasteiger partial charge >= 0.3 is 5.69 Å². The summed E-state index contributed by atoms with van der Waals surface area (Å²) in [5.74, 6) is 0.699. The smallest absolute Gasteiger partial charge is 0.348 e. The monoisotopic (exact) mass is 249 g/mol. The Morgan fingerprint density at radius 3 is 3.33 bits per heavy atom. The summed E-state index contributed by atoms with van der Waals surface area (Å²) in [4.78, 5) is 15.5. The molecule has 7 nitrogen and oxygen atoms in total. The molecule has 2 aromatic heterocycles. The van der Waals surface area contributed by atoms with Crippen molar-refractivity contribution < 1.29 is 4.74 Å². The van der Waals surface area contributed by atoms with Gasteiger partial charge < -0.3 is 10.1 Å². The molecule has 3 rings (SSSR count). The zero-order valence-electron chi connectivity index (χ0n) is 10.1. The second-order valence-electron chi connectivity index (χ2n) is 4.52. The Morgan fingerprint density at radius 2 is 2.56 bits per heavy atom. The maximum absolute atomic E-state index is 11.3. The van der Waals surface area contributed by atoms with Crippen molar-refractivity contribution in [3.8, 4) is 0 Å². The first-order valence-electron chi connectivity index (χ1n) is 6.05. The predicted octanol–water partition coefficient (Wildman–Crippen LogP) is 0.397. The number of hydrogen-bond donors (Lipinski definition) is 2. The molecule has 18 heavy (non-hydrogen) atoms. The second-order valence-corrected chi connectivity index (χ2v) is 4.52. The summed E-state index contributed by atoms with van der Waals surface area (Å²) in [5, 5.41) is 9.55. The van der Waals surface area contributed by atoms with Crippen LogP contribution in [0.4, 0.5) is 5.82 Å². The zero-order valence-corrected chi connectivity index (χ0v) is 10.1. The number of H-pyrrole nitrogens is 1. The molecule has 0 bridgehead atoms. The second kappa shape index (κ2) is 4.41. The standard InChI is InChI=1S/C11H15N5O2/c1-7(8-3-2-4-18-8)13-9-5-10-14-15-11(17)16(10)6-12-9/h5-8,13H,2-4H2,1H3,(H,15,17). The first kappa shape index (κ1) is 11.2. The lowest BCUT2D eigenvalue weighted by molar-refractivity contribution is 0.0995. The Kier molecular flexibility index (Phi) is 2.75. The van der Waals surface area contributed by atoms with E-state index in [9.17, 15) is 4.79 Å². The van der Waals surface area contributed by atoms with Crippen molar-refractivity contribution in [3.63, 3.8) is 0 Å². The first-order chi connectivity index (χ1) is 8.74. The molecule has 7 heteroatoms. The van der Waals surface area contributed by atoms with Gasteiger partial charge in [0.05, 0.1) is 12.1 Å². The fourth-order valence-corrected chi connectivity index (χ4v) is 2.21. The summed E-state index contributed by atoms with van der Waals surface area (Å²) in [7, 11) is 0. The van der Waals surface area contributed by atoms with E-state index in [1.807, 2.05) is 0 Å². The van der Waals surface area contributed by atoms with Gasteiger partial charge in [0.25, 0.3) is 0 Å². The average molecular weight is 249 g/mol. The van der Waals surface area contributed by atoms with Crippen LogP contribution in [0.15, 0.2) is 17.2 Å². The SMILES string of the molecule is CC(Nc1cc2n[nH]c(=O)n2cn1)C1CCCO1. The topological polar surface area (TPSA) is 84.3 Å². The fraction of sp³-hybridized carbons (Fsp3) is 0.545. The quantitative estimate of drug-likeness (QED) is 0.822. The summed E-state index contributed by atoms with van der Waals surface area (Å²) in [6.45, 7) is 2.90. The number of nitrogens with zero attached hydrogens (tertiary/aromatic N) is 3. The van der Waals surface area contributed by atoms with Gasteiger partial charge in [-0.15, -0.1) is 0 Å². The summed E-state index contributed by atoms with van der Waals surface area (Å²) < 4.78 is 6.97. The highest BCUT2D eigenvalue weighted by atomic mass is 16.5. The molecule has 0 aromatic carbocycles. The van der Waals surface area contributed by atoms with Gasteiger partial charge in [-0.05, 0) is 19.8 Å². The molecule has 0 spiro atoms. The molecule has 2 unspecified atom stereocenters. The largest absolute Gasteiger partial charge is 0.376 e. The van der Waals surface area contributed by atoms with Gasteiger partial charge in [0.1, 0.15) is 12.1 Å². The van der Waals surface area contributed by atoms with Crippen LogP contribution in [0.1, 0.15) is 19.8 Å². The van der Waals surface area contributed by atoms with Gasteiger partial charge in [0, 0.05) is 12.7 Å². The van der Waals surface area contributed by atoms with Crippen molar-refractivity contribution in [3.05, 3.63) is 22.9 Å². The minimum absolute atomic E-state index is 0.188. The third-order valence-electron chi connectivity index (χ3n) is 3.21. The number of rotatable bonds is 3. The highest BCUT2D eigenvalue weighted by Gasteiger charge is 2.22. The van der Waals surface area contributed by atoms with Crippen molar-refractivity contribution >= 4 is 11.5 Å². The van der Waals surface area contributed by atoms with E-state index in [-0.39, 0.29) is 17.8 Å². The summed E-state index contributed by atoms with van der Waals surface area (Å²) in [6, 6.07) is 1.93. The first-order valence-corrected chi connectivity index (χ1v) is 6.05. The van der Waals surface area contributed by atoms with Crippen LogP contribution in [0, 0.1) is 0 Å². The normalized spacial score (nSPS) is 21.3. The molecule has 2 aromatic rings. The molecule has 96 valence electrons. The van der Waals surface area contributed by atoms with Gasteiger partial charge in [-0.1, -0.05) is 0 Å². The van der Waals surface area contributed by atoms with Crippen LogP contribution in [0.25, 0.3) is 5.65 Å². The van der Waals surface area contributed by atoms with E-state index in [1.165, 1.54) is 10.7 Å². The third-order valence-corrected chi connectivity index (χ3v) is 3.21. The van der Waals surface area contributed by atoms with Gasteiger partial charge in [-0.3, -0.25) is 0 Å². The van der Waals surface area contributed by atoms with E-state index in [2.05, 4.69) is 27.4 Å². The Labute approximate surface area is 103 Å². The Bertz CT molecular complexity index is 599. The fourth-order valence-electron chi connectivity index (χ4n) is 2.21. The van der Waals surface area contributed by atoms with Crippen molar-refractivity contribution in [1.82, 2.24) is 19.6 Å². The van der Waals surface area contributed by atoms with E-state index >= 15 is 0 Å². The molecule has 0 amide bonds. The van der Waals surface area contributed by atoms with Crippen LogP contribution >= 0.6 is 0 Å². The van der Waals surface area contributed by atoms with E-state index in [1.54, 1.807) is 6.07 Å². The van der Waals surface area contributed by atoms with Crippen molar-refractivity contribution in [2.24, 2.45) is 0 Å². The molecule has 3 heterocycles. The molecular formula is C11H15N5O2. The van der Waals surface area contributed by atoms with E-state index < -0.39 is 0 Å². The minimum atomic E-state index is -0.281. The van der Waals surface area contributed by atoms with Gasteiger partial charge in [0.2, 0.25) is 0 Å². The lowest BCUT2D eigenvalue weighted by atomic mass is 10.1. The van der Waals surface area contributed by atoms with Gasteiger partial charge in [-0.2, -0.15) is 5.10 Å². The van der Waals surface area contributed by atoms with Crippen LogP contribution in [0.2, 0.25) is 0 Å². The maximum Gasteiger partial charge on any atom is 0.348 e. The van der Waals surface area contributed by atoms with Crippen LogP contribution < -0.4 is 11.0 Å². The molecule has 1 aliphatic heterocycles. The molecule has 1 fully saturated rings. The van der Waals surface area contributed by atoms with E-state index in [0.717, 1.165) is 19.4 Å². The van der Waals surface area contributed by atoms with Gasteiger partial charge in [-0.25, -0.2) is 19.3 Å². The van der Waals surface area contributed by atoms with Crippen molar-refractivity contribution in [2.45, 2.75) is 31.9 Å². The predicted molar refractivity (Wildman–Crippen MR) is 65.7 cm³/mol. The summed E-state index contributed by atoms with van der Waals surface area (Å²) >= 11 is 0. The molecule has 0 saturated carbocycles. The number of hydrogen-bond acceptors (Lipinski definition) is 5. The van der Waals surface area contributed by atoms with Crippen LogP contribution in [-0.2, 0) is 4.74 Å². The van der Waals surface area contributed by atoms with E-state index in [0.29, 0.717) is 11.5 Å². The molecule has 0 aliphatic carbocycles. The van der Waals surface area contributed by atoms with Crippen LogP contribution in [0.3, 0.4) is 0 Å². The van der Waals surface area contributed by atoms with Crippen LogP contribution in [-0.4, -0.2) is 38.3 Å². The minimum Gasteiger partial charge on any atom is -0.376 e. The van der Waals surface area contributed by atoms with E-state index in [4.69, 9.17) is 4.74 Å². The highest BCUT2D eigenvalue weighted by molar-refractivity contribution is 5.48. The zero-order chi connectivity index (χ0) is 12.5. The molecule has 1 aliphatic rings. The lowest BCUT2D eigenvalue weighted by Crippen LogP contribution is -2.30. The molecule has 1 saturated heterocycles. The maximum atomic E-state index is 11.3. The number of anilines is 1. The average Bonchev–Trinajstić information content (AvgIpc) is 2.99. The number of ether oxygens (including phenoxy) is 1. The van der Waals surface area contributed by atoms with Crippen LogP contribution in [0.5, 0.6) is 0 Å². The number of aromatic nitrogens is 4. The Balaban J connectivity index is 1.79. The third kappa shape index (κ3) is 1.97. The van der Waals surface area contributed by atoms with Gasteiger partial charge in [0.15, 0.2) is 5.65 Å². The lowest BCUT2D eigenvalue weighted by Gasteiger charge is -2.20. The molecule has 0 radical (unpaired) electrons. The Morgan fingerprint density at radius 1 is 1.67 bits per heavy atom. The number of aromatic amines is 1. The molecular weight excluding hydrogens is 234 g/mol. The summed E-state index contributed by atoms with van der Waals surface area (Å²) in [5.41, 5.74) is 0.272. The van der Waals surface area contributed by atoms with Crippen molar-refractivity contribution in [2.75, 3.05) is 11.9 Å². The molecule has 2 atom stereocenters. The highest BCUT2D eigenvalue weighted by Crippen LogP contribution is 2.18. The molecule has 2 N–H and O–H groups in total.